The lowest BCUT2D eigenvalue weighted by atomic mass is 10.4. The van der Waals surface area contributed by atoms with Gasteiger partial charge in [-0.1, -0.05) is 18.2 Å². The van der Waals surface area contributed by atoms with Gasteiger partial charge in [0.05, 0.1) is 37.9 Å². The molecular formula is C15H23Cl3O5S2Si. The van der Waals surface area contributed by atoms with Crippen LogP contribution >= 0.6 is 44.0 Å². The Bertz CT molecular complexity index is 585. The maximum absolute atomic E-state index is 12.0. The van der Waals surface area contributed by atoms with Gasteiger partial charge in [-0.05, 0) is 35.4 Å². The highest BCUT2D eigenvalue weighted by Crippen LogP contribution is 2.26. The van der Waals surface area contributed by atoms with Gasteiger partial charge in [0.25, 0.3) is 0 Å². The van der Waals surface area contributed by atoms with Crippen molar-refractivity contribution in [3.8, 4) is 0 Å². The molecule has 0 spiro atoms. The van der Waals surface area contributed by atoms with Gasteiger partial charge in [-0.15, -0.1) is 33.2 Å². The van der Waals surface area contributed by atoms with Gasteiger partial charge in [0, 0.05) is 12.4 Å². The van der Waals surface area contributed by atoms with E-state index in [9.17, 15) is 8.42 Å². The molecule has 0 saturated heterocycles. The maximum Gasteiger partial charge on any atom is 0.341 e. The maximum atomic E-state index is 12.0. The normalized spacial score (nSPS) is 12.4. The van der Waals surface area contributed by atoms with Crippen LogP contribution in [0.3, 0.4) is 0 Å². The molecule has 5 nitrogen and oxygen atoms in total. The van der Waals surface area contributed by atoms with Crippen molar-refractivity contribution < 1.29 is 22.6 Å². The van der Waals surface area contributed by atoms with Crippen LogP contribution in [0.5, 0.6) is 0 Å². The molecule has 0 aliphatic heterocycles. The Hall–Kier alpha value is 0.487. The molecule has 0 unspecified atom stereocenters. The van der Waals surface area contributed by atoms with Crippen LogP contribution in [0.4, 0.5) is 0 Å². The molecule has 0 aliphatic carbocycles. The van der Waals surface area contributed by atoms with E-state index < -0.39 is 14.9 Å². The summed E-state index contributed by atoms with van der Waals surface area (Å²) < 4.78 is 40.1. The first-order valence-electron chi connectivity index (χ1n) is 8.06. The smallest absolute Gasteiger partial charge is 0.341 e. The fourth-order valence-corrected chi connectivity index (χ4v) is 6.16. The molecule has 150 valence electrons. The lowest BCUT2D eigenvalue weighted by molar-refractivity contribution is 0.0176. The Kier molecular flexibility index (Phi) is 12.9. The Labute approximate surface area is 174 Å². The molecule has 0 atom stereocenters. The van der Waals surface area contributed by atoms with Crippen molar-refractivity contribution in [3.63, 3.8) is 0 Å². The second kappa shape index (κ2) is 13.6. The van der Waals surface area contributed by atoms with Gasteiger partial charge >= 0.3 is 6.00 Å². The SMILES string of the molecule is O=S(=O)(SCCOCCOCCOCCC[Si](Cl)(Cl)Cl)c1ccccc1. The molecule has 0 amide bonds. The predicted octanol–water partition coefficient (Wildman–Crippen LogP) is 4.20. The van der Waals surface area contributed by atoms with Crippen LogP contribution in [0.2, 0.25) is 6.04 Å². The fourth-order valence-electron chi connectivity index (χ4n) is 1.77. The highest BCUT2D eigenvalue weighted by Gasteiger charge is 2.23. The van der Waals surface area contributed by atoms with E-state index in [0.717, 1.165) is 17.2 Å². The van der Waals surface area contributed by atoms with Crippen molar-refractivity contribution in [1.82, 2.24) is 0 Å². The second-order valence-electron chi connectivity index (χ2n) is 5.15. The van der Waals surface area contributed by atoms with Crippen molar-refractivity contribution in [2.45, 2.75) is 17.4 Å². The first-order chi connectivity index (χ1) is 12.3. The Balaban J connectivity index is 1.91. The van der Waals surface area contributed by atoms with Crippen LogP contribution in [-0.4, -0.2) is 59.8 Å². The van der Waals surface area contributed by atoms with Gasteiger partial charge in [0.1, 0.15) is 0 Å². The zero-order chi connectivity index (χ0) is 19.3. The van der Waals surface area contributed by atoms with E-state index in [1.165, 1.54) is 0 Å². The third-order valence-corrected chi connectivity index (χ3v) is 9.11. The van der Waals surface area contributed by atoms with Gasteiger partial charge in [0.2, 0.25) is 8.87 Å². The van der Waals surface area contributed by atoms with E-state index in [1.807, 2.05) is 0 Å². The Morgan fingerprint density at radius 2 is 1.38 bits per heavy atom. The molecule has 0 N–H and O–H groups in total. The molecule has 1 aromatic rings. The van der Waals surface area contributed by atoms with Crippen molar-refractivity contribution in [1.29, 1.82) is 0 Å². The number of hydrogen-bond acceptors (Lipinski definition) is 6. The van der Waals surface area contributed by atoms with Crippen LogP contribution in [0.15, 0.2) is 35.2 Å². The van der Waals surface area contributed by atoms with Crippen molar-refractivity contribution in [2.75, 3.05) is 45.4 Å². The van der Waals surface area contributed by atoms with Gasteiger partial charge in [-0.25, -0.2) is 8.42 Å². The molecule has 11 heteroatoms. The zero-order valence-electron chi connectivity index (χ0n) is 14.2. The molecule has 0 fully saturated rings. The van der Waals surface area contributed by atoms with E-state index >= 15 is 0 Å². The molecular weight excluding hydrogens is 459 g/mol. The lowest BCUT2D eigenvalue weighted by Crippen LogP contribution is -2.13. The topological polar surface area (TPSA) is 61.8 Å². The van der Waals surface area contributed by atoms with E-state index in [2.05, 4.69) is 0 Å². The molecule has 0 aromatic heterocycles. The summed E-state index contributed by atoms with van der Waals surface area (Å²) in [6.07, 6.45) is 0.732. The van der Waals surface area contributed by atoms with Gasteiger partial charge in [-0.3, -0.25) is 0 Å². The summed E-state index contributed by atoms with van der Waals surface area (Å²) in [4.78, 5) is 0.310. The molecule has 1 aromatic carbocycles. The first kappa shape index (κ1) is 24.5. The third kappa shape index (κ3) is 12.8. The van der Waals surface area contributed by atoms with Gasteiger partial charge in [-0.2, -0.15) is 0 Å². The third-order valence-electron chi connectivity index (χ3n) is 2.99. The van der Waals surface area contributed by atoms with E-state index in [1.54, 1.807) is 30.3 Å². The minimum atomic E-state index is -3.32. The Morgan fingerprint density at radius 1 is 0.846 bits per heavy atom. The largest absolute Gasteiger partial charge is 0.379 e. The quantitative estimate of drug-likeness (QED) is 0.162. The highest BCUT2D eigenvalue weighted by molar-refractivity contribution is 8.72. The molecule has 0 radical (unpaired) electrons. The van der Waals surface area contributed by atoms with Crippen molar-refractivity contribution in [2.24, 2.45) is 0 Å². The number of ether oxygens (including phenoxy) is 3. The number of benzene rings is 1. The summed E-state index contributed by atoms with van der Waals surface area (Å²) in [5, 5.41) is 0. The summed E-state index contributed by atoms with van der Waals surface area (Å²) in [6, 6.07) is 6.40. The zero-order valence-corrected chi connectivity index (χ0v) is 19.1. The summed E-state index contributed by atoms with van der Waals surface area (Å²) in [5.41, 5.74) is 0. The molecule has 0 heterocycles. The summed E-state index contributed by atoms with van der Waals surface area (Å²) in [7, 11) is -2.44. The number of halogens is 3. The lowest BCUT2D eigenvalue weighted by Gasteiger charge is -2.08. The highest BCUT2D eigenvalue weighted by atomic mass is 35.8. The molecule has 1 rings (SSSR count). The summed E-state index contributed by atoms with van der Waals surface area (Å²) >= 11 is 17.3. The van der Waals surface area contributed by atoms with Gasteiger partial charge < -0.3 is 14.2 Å². The standard InChI is InChI=1S/C15H23Cl3O5S2Si/c16-26(17,18)14-4-7-21-8-9-22-10-11-23-12-13-24-25(19,20)15-5-2-1-3-6-15/h1-3,5-6H,4,7-14H2. The van der Waals surface area contributed by atoms with E-state index in [4.69, 9.17) is 47.4 Å². The van der Waals surface area contributed by atoms with Crippen LogP contribution in [0.1, 0.15) is 6.42 Å². The van der Waals surface area contributed by atoms with E-state index in [0.29, 0.717) is 56.3 Å². The van der Waals surface area contributed by atoms with Gasteiger partial charge in [0.15, 0.2) is 0 Å². The summed E-state index contributed by atoms with van der Waals surface area (Å²) in [6.45, 7) is 2.68. The van der Waals surface area contributed by atoms with Crippen molar-refractivity contribution >= 4 is 58.9 Å². The Morgan fingerprint density at radius 3 is 1.96 bits per heavy atom. The minimum absolute atomic E-state index is 0.310. The van der Waals surface area contributed by atoms with Crippen LogP contribution in [0.25, 0.3) is 0 Å². The first-order valence-corrected chi connectivity index (χ1v) is 16.3. The monoisotopic (exact) mass is 480 g/mol. The van der Waals surface area contributed by atoms with Crippen LogP contribution in [0, 0.1) is 0 Å². The number of hydrogen-bond donors (Lipinski definition) is 0. The number of rotatable bonds is 15. The summed E-state index contributed by atoms with van der Waals surface area (Å²) in [5.74, 6) is 0.368. The molecule has 0 bridgehead atoms. The molecule has 26 heavy (non-hydrogen) atoms. The molecule has 0 saturated carbocycles. The van der Waals surface area contributed by atoms with Crippen LogP contribution < -0.4 is 0 Å². The average molecular weight is 482 g/mol. The van der Waals surface area contributed by atoms with E-state index in [-0.39, 0.29) is 0 Å². The second-order valence-corrected chi connectivity index (χ2v) is 18.5. The predicted molar refractivity (Wildman–Crippen MR) is 111 cm³/mol. The average Bonchev–Trinajstić information content (AvgIpc) is 2.59. The van der Waals surface area contributed by atoms with Crippen molar-refractivity contribution in [3.05, 3.63) is 30.3 Å². The minimum Gasteiger partial charge on any atom is -0.379 e. The van der Waals surface area contributed by atoms with Crippen LogP contribution in [-0.2, 0) is 23.1 Å². The molecule has 0 aliphatic rings. The fraction of sp³-hybridized carbons (Fsp3) is 0.600.